The highest BCUT2D eigenvalue weighted by Crippen LogP contribution is 2.28. The Morgan fingerprint density at radius 3 is 2.69 bits per heavy atom. The number of nitrogens with zero attached hydrogens (tertiary/aromatic N) is 3. The summed E-state index contributed by atoms with van der Waals surface area (Å²) < 4.78 is 13.4. The van der Waals surface area contributed by atoms with E-state index in [2.05, 4.69) is 33.6 Å². The standard InChI is InChI=1S/C22H36N4O3/c1-5-25(6-2)16-20(27)17-29-21-9-8-19(14-22(21)28-4)15-23-10-7-12-26-13-11-24-18(26)3/h8-9,11,13-14,20,23,27H,5-7,10,12,15-17H2,1-4H3. The second-order valence-corrected chi connectivity index (χ2v) is 7.13. The number of aliphatic hydroxyl groups excluding tert-OH is 1. The molecule has 7 heteroatoms. The van der Waals surface area contributed by atoms with Crippen LogP contribution < -0.4 is 14.8 Å². The molecule has 1 unspecified atom stereocenters. The first kappa shape index (κ1) is 23.2. The van der Waals surface area contributed by atoms with E-state index in [-0.39, 0.29) is 6.61 Å². The molecule has 2 N–H and O–H groups in total. The van der Waals surface area contributed by atoms with Gasteiger partial charge < -0.3 is 29.4 Å². The van der Waals surface area contributed by atoms with Crippen LogP contribution in [0.3, 0.4) is 0 Å². The Balaban J connectivity index is 1.76. The molecule has 1 aromatic heterocycles. The maximum atomic E-state index is 10.2. The third kappa shape index (κ3) is 7.68. The SMILES string of the molecule is CCN(CC)CC(O)COc1ccc(CNCCCn2ccnc2C)cc1OC. The van der Waals surface area contributed by atoms with Gasteiger partial charge in [-0.25, -0.2) is 4.98 Å². The molecule has 0 bridgehead atoms. The normalized spacial score (nSPS) is 12.3. The van der Waals surface area contributed by atoms with Crippen LogP contribution in [0.2, 0.25) is 0 Å². The molecule has 0 fully saturated rings. The summed E-state index contributed by atoms with van der Waals surface area (Å²) >= 11 is 0. The van der Waals surface area contributed by atoms with E-state index in [1.807, 2.05) is 37.5 Å². The fourth-order valence-electron chi connectivity index (χ4n) is 3.21. The van der Waals surface area contributed by atoms with Crippen LogP contribution in [0.4, 0.5) is 0 Å². The first-order valence-corrected chi connectivity index (χ1v) is 10.5. The summed E-state index contributed by atoms with van der Waals surface area (Å²) in [5.41, 5.74) is 1.14. The summed E-state index contributed by atoms with van der Waals surface area (Å²) in [6, 6.07) is 5.93. The van der Waals surface area contributed by atoms with Crippen LogP contribution in [0.15, 0.2) is 30.6 Å². The Bertz CT molecular complexity index is 716. The highest BCUT2D eigenvalue weighted by molar-refractivity contribution is 5.43. The van der Waals surface area contributed by atoms with Crippen molar-refractivity contribution in [3.63, 3.8) is 0 Å². The number of aromatic nitrogens is 2. The molecule has 29 heavy (non-hydrogen) atoms. The summed E-state index contributed by atoms with van der Waals surface area (Å²) in [7, 11) is 1.64. The summed E-state index contributed by atoms with van der Waals surface area (Å²) in [6.45, 7) is 11.5. The van der Waals surface area contributed by atoms with Gasteiger partial charge in [0.2, 0.25) is 0 Å². The van der Waals surface area contributed by atoms with E-state index in [0.717, 1.165) is 50.5 Å². The average Bonchev–Trinajstić information content (AvgIpc) is 3.15. The van der Waals surface area contributed by atoms with Crippen molar-refractivity contribution in [1.82, 2.24) is 19.8 Å². The van der Waals surface area contributed by atoms with Gasteiger partial charge in [-0.2, -0.15) is 0 Å². The molecule has 0 amide bonds. The zero-order valence-electron chi connectivity index (χ0n) is 18.2. The molecular weight excluding hydrogens is 368 g/mol. The number of methoxy groups -OCH3 is 1. The third-order valence-corrected chi connectivity index (χ3v) is 5.03. The number of ether oxygens (including phenoxy) is 2. The zero-order chi connectivity index (χ0) is 21.1. The topological polar surface area (TPSA) is 71.8 Å². The Hall–Kier alpha value is -2.09. The number of hydrogen-bond acceptors (Lipinski definition) is 6. The van der Waals surface area contributed by atoms with Crippen LogP contribution in [0.25, 0.3) is 0 Å². The number of rotatable bonds is 14. The zero-order valence-corrected chi connectivity index (χ0v) is 18.2. The molecule has 0 radical (unpaired) electrons. The summed E-state index contributed by atoms with van der Waals surface area (Å²) in [4.78, 5) is 6.41. The summed E-state index contributed by atoms with van der Waals surface area (Å²) in [6.07, 6.45) is 4.36. The van der Waals surface area contributed by atoms with Gasteiger partial charge in [0.25, 0.3) is 0 Å². The highest BCUT2D eigenvalue weighted by Gasteiger charge is 2.12. The number of aliphatic hydroxyl groups is 1. The average molecular weight is 405 g/mol. The molecule has 0 aliphatic carbocycles. The van der Waals surface area contributed by atoms with Crippen LogP contribution >= 0.6 is 0 Å². The molecule has 1 heterocycles. The molecular formula is C22H36N4O3. The van der Waals surface area contributed by atoms with E-state index in [0.29, 0.717) is 18.0 Å². The van der Waals surface area contributed by atoms with Gasteiger partial charge in [-0.3, -0.25) is 0 Å². The minimum Gasteiger partial charge on any atom is -0.493 e. The van der Waals surface area contributed by atoms with Gasteiger partial charge >= 0.3 is 0 Å². The lowest BCUT2D eigenvalue weighted by Crippen LogP contribution is -2.35. The van der Waals surface area contributed by atoms with Gasteiger partial charge in [-0.15, -0.1) is 0 Å². The fourth-order valence-corrected chi connectivity index (χ4v) is 3.21. The van der Waals surface area contributed by atoms with Gasteiger partial charge in [0, 0.05) is 32.0 Å². The van der Waals surface area contributed by atoms with Crippen molar-refractivity contribution in [1.29, 1.82) is 0 Å². The van der Waals surface area contributed by atoms with Crippen molar-refractivity contribution in [2.24, 2.45) is 0 Å². The molecule has 2 rings (SSSR count). The first-order valence-electron chi connectivity index (χ1n) is 10.5. The van der Waals surface area contributed by atoms with Gasteiger partial charge in [0.05, 0.1) is 7.11 Å². The van der Waals surface area contributed by atoms with Gasteiger partial charge in [-0.1, -0.05) is 19.9 Å². The van der Waals surface area contributed by atoms with Gasteiger partial charge in [-0.05, 0) is 50.7 Å². The largest absolute Gasteiger partial charge is 0.493 e. The minimum absolute atomic E-state index is 0.248. The Morgan fingerprint density at radius 1 is 1.24 bits per heavy atom. The van der Waals surface area contributed by atoms with E-state index < -0.39 is 6.10 Å². The highest BCUT2D eigenvalue weighted by atomic mass is 16.5. The summed E-state index contributed by atoms with van der Waals surface area (Å²) in [5.74, 6) is 2.39. The van der Waals surface area contributed by atoms with Crippen molar-refractivity contribution in [3.05, 3.63) is 42.0 Å². The molecule has 0 spiro atoms. The van der Waals surface area contributed by atoms with Crippen molar-refractivity contribution < 1.29 is 14.6 Å². The predicted octanol–water partition coefficient (Wildman–Crippen LogP) is 2.46. The number of likely N-dealkylation sites (N-methyl/N-ethyl adjacent to an activating group) is 1. The monoisotopic (exact) mass is 404 g/mol. The van der Waals surface area contributed by atoms with Crippen molar-refractivity contribution in [3.8, 4) is 11.5 Å². The number of hydrogen-bond donors (Lipinski definition) is 2. The fraction of sp³-hybridized carbons (Fsp3) is 0.591. The quantitative estimate of drug-likeness (QED) is 0.471. The van der Waals surface area contributed by atoms with Crippen molar-refractivity contribution in [2.45, 2.75) is 46.4 Å². The predicted molar refractivity (Wildman–Crippen MR) is 116 cm³/mol. The molecule has 0 aliphatic heterocycles. The first-order chi connectivity index (χ1) is 14.1. The lowest BCUT2D eigenvalue weighted by molar-refractivity contribution is 0.0705. The molecule has 0 saturated carbocycles. The maximum absolute atomic E-state index is 10.2. The summed E-state index contributed by atoms with van der Waals surface area (Å²) in [5, 5.41) is 13.7. The number of aryl methyl sites for hydroxylation is 2. The van der Waals surface area contributed by atoms with Crippen molar-refractivity contribution in [2.75, 3.05) is 39.9 Å². The number of imidazole rings is 1. The van der Waals surface area contributed by atoms with Crippen LogP contribution in [0.1, 0.15) is 31.7 Å². The van der Waals surface area contributed by atoms with E-state index in [9.17, 15) is 5.11 Å². The lowest BCUT2D eigenvalue weighted by atomic mass is 10.2. The molecule has 0 aliphatic rings. The molecule has 2 aromatic rings. The molecule has 1 aromatic carbocycles. The van der Waals surface area contributed by atoms with Crippen LogP contribution in [-0.4, -0.2) is 65.6 Å². The molecule has 1 atom stereocenters. The smallest absolute Gasteiger partial charge is 0.161 e. The molecule has 0 saturated heterocycles. The number of benzene rings is 1. The van der Waals surface area contributed by atoms with Crippen molar-refractivity contribution >= 4 is 0 Å². The van der Waals surface area contributed by atoms with Crippen LogP contribution in [0.5, 0.6) is 11.5 Å². The van der Waals surface area contributed by atoms with Crippen LogP contribution in [0, 0.1) is 6.92 Å². The lowest BCUT2D eigenvalue weighted by Gasteiger charge is -2.22. The second-order valence-electron chi connectivity index (χ2n) is 7.13. The molecule has 7 nitrogen and oxygen atoms in total. The Labute approximate surface area is 174 Å². The Kier molecular flexibility index (Phi) is 9.97. The van der Waals surface area contributed by atoms with E-state index >= 15 is 0 Å². The minimum atomic E-state index is -0.528. The van der Waals surface area contributed by atoms with E-state index in [4.69, 9.17) is 9.47 Å². The maximum Gasteiger partial charge on any atom is 0.161 e. The second kappa shape index (κ2) is 12.5. The van der Waals surface area contributed by atoms with E-state index in [1.165, 1.54) is 0 Å². The van der Waals surface area contributed by atoms with Gasteiger partial charge in [0.15, 0.2) is 11.5 Å². The Morgan fingerprint density at radius 2 is 2.03 bits per heavy atom. The number of nitrogens with one attached hydrogen (secondary N) is 1. The van der Waals surface area contributed by atoms with E-state index in [1.54, 1.807) is 7.11 Å². The van der Waals surface area contributed by atoms with Crippen LogP contribution in [-0.2, 0) is 13.1 Å². The van der Waals surface area contributed by atoms with Gasteiger partial charge in [0.1, 0.15) is 18.5 Å². The molecule has 162 valence electrons. The third-order valence-electron chi connectivity index (χ3n) is 5.03.